The van der Waals surface area contributed by atoms with Crippen LogP contribution < -0.4 is 5.43 Å². The third-order valence-corrected chi connectivity index (χ3v) is 4.11. The first-order chi connectivity index (χ1) is 11.8. The van der Waals surface area contributed by atoms with Gasteiger partial charge in [0.05, 0.1) is 12.6 Å². The SMILES string of the molecule is COCC(C)n1c(C)cc(C(=O)COC(=O)C2=NNC(=O)CC2)c1C. The normalized spacial score (nSPS) is 15.4. The highest BCUT2D eigenvalue weighted by Gasteiger charge is 2.23. The topological polar surface area (TPSA) is 99.0 Å². The van der Waals surface area contributed by atoms with Crippen LogP contribution in [-0.2, 0) is 19.1 Å². The number of hydrogen-bond donors (Lipinski definition) is 1. The number of methoxy groups -OCH3 is 1. The molecule has 8 nitrogen and oxygen atoms in total. The number of ether oxygens (including phenoxy) is 2. The lowest BCUT2D eigenvalue weighted by molar-refractivity contribution is -0.134. The zero-order chi connectivity index (χ0) is 18.6. The summed E-state index contributed by atoms with van der Waals surface area (Å²) in [6.07, 6.45) is 0.391. The fraction of sp³-hybridized carbons (Fsp3) is 0.529. The van der Waals surface area contributed by atoms with Gasteiger partial charge in [-0.3, -0.25) is 9.59 Å². The molecule has 1 amide bonds. The van der Waals surface area contributed by atoms with E-state index >= 15 is 0 Å². The number of aryl methyl sites for hydroxylation is 1. The van der Waals surface area contributed by atoms with Gasteiger partial charge in [0.2, 0.25) is 11.7 Å². The van der Waals surface area contributed by atoms with E-state index in [1.54, 1.807) is 13.2 Å². The highest BCUT2D eigenvalue weighted by Crippen LogP contribution is 2.21. The van der Waals surface area contributed by atoms with E-state index in [2.05, 4.69) is 10.5 Å². The second-order valence-corrected chi connectivity index (χ2v) is 6.05. The Kier molecular flexibility index (Phi) is 6.08. The number of amides is 1. The van der Waals surface area contributed by atoms with Crippen molar-refractivity contribution in [1.82, 2.24) is 9.99 Å². The first-order valence-corrected chi connectivity index (χ1v) is 8.08. The van der Waals surface area contributed by atoms with Crippen molar-refractivity contribution in [3.8, 4) is 0 Å². The van der Waals surface area contributed by atoms with Gasteiger partial charge in [0.1, 0.15) is 5.71 Å². The quantitative estimate of drug-likeness (QED) is 0.591. The van der Waals surface area contributed by atoms with Crippen LogP contribution in [0.4, 0.5) is 0 Å². The molecule has 1 aliphatic rings. The Morgan fingerprint density at radius 3 is 2.68 bits per heavy atom. The molecule has 1 aliphatic heterocycles. The average molecular weight is 349 g/mol. The summed E-state index contributed by atoms with van der Waals surface area (Å²) in [5.74, 6) is -1.21. The summed E-state index contributed by atoms with van der Waals surface area (Å²) in [5, 5.41) is 3.65. The Hall–Kier alpha value is -2.48. The van der Waals surface area contributed by atoms with Gasteiger partial charge in [0.15, 0.2) is 6.61 Å². The summed E-state index contributed by atoms with van der Waals surface area (Å²) >= 11 is 0. The Morgan fingerprint density at radius 1 is 1.36 bits per heavy atom. The molecule has 0 radical (unpaired) electrons. The van der Waals surface area contributed by atoms with Gasteiger partial charge in [0, 0.05) is 36.9 Å². The Morgan fingerprint density at radius 2 is 2.08 bits per heavy atom. The smallest absolute Gasteiger partial charge is 0.354 e. The summed E-state index contributed by atoms with van der Waals surface area (Å²) in [5.41, 5.74) is 4.61. The number of rotatable bonds is 7. The van der Waals surface area contributed by atoms with Gasteiger partial charge in [-0.1, -0.05) is 0 Å². The van der Waals surface area contributed by atoms with E-state index < -0.39 is 5.97 Å². The molecule has 0 aromatic carbocycles. The van der Waals surface area contributed by atoms with Gasteiger partial charge in [-0.15, -0.1) is 0 Å². The standard InChI is InChI=1S/C17H23N3O5/c1-10-7-13(12(3)20(10)11(2)8-24-4)15(21)9-25-17(23)14-5-6-16(22)19-18-14/h7,11H,5-6,8-9H2,1-4H3,(H,19,22). The van der Waals surface area contributed by atoms with Crippen LogP contribution in [0.25, 0.3) is 0 Å². The van der Waals surface area contributed by atoms with Crippen LogP contribution in [0.5, 0.6) is 0 Å². The van der Waals surface area contributed by atoms with Crippen LogP contribution in [0.2, 0.25) is 0 Å². The molecule has 2 rings (SSSR count). The number of nitrogens with zero attached hydrogens (tertiary/aromatic N) is 2. The van der Waals surface area contributed by atoms with Crippen molar-refractivity contribution < 1.29 is 23.9 Å². The van der Waals surface area contributed by atoms with Gasteiger partial charge in [-0.25, -0.2) is 10.2 Å². The lowest BCUT2D eigenvalue weighted by Gasteiger charge is -2.17. The first-order valence-electron chi connectivity index (χ1n) is 8.08. The number of esters is 1. The van der Waals surface area contributed by atoms with Gasteiger partial charge in [0.25, 0.3) is 0 Å². The van der Waals surface area contributed by atoms with Crippen LogP contribution in [0.15, 0.2) is 11.2 Å². The number of nitrogens with one attached hydrogen (secondary N) is 1. The maximum atomic E-state index is 12.4. The van der Waals surface area contributed by atoms with Gasteiger partial charge in [-0.05, 0) is 26.8 Å². The van der Waals surface area contributed by atoms with E-state index in [4.69, 9.17) is 9.47 Å². The van der Waals surface area contributed by atoms with Crippen molar-refractivity contribution in [2.75, 3.05) is 20.3 Å². The lowest BCUT2D eigenvalue weighted by atomic mass is 10.1. The monoisotopic (exact) mass is 349 g/mol. The molecule has 1 atom stereocenters. The van der Waals surface area contributed by atoms with E-state index in [0.29, 0.717) is 12.2 Å². The first kappa shape index (κ1) is 18.9. The number of ketones is 1. The maximum Gasteiger partial charge on any atom is 0.354 e. The molecule has 136 valence electrons. The Bertz CT molecular complexity index is 720. The number of carbonyl (C=O) groups is 3. The molecule has 0 saturated heterocycles. The number of hydrogen-bond acceptors (Lipinski definition) is 6. The second-order valence-electron chi connectivity index (χ2n) is 6.05. The minimum atomic E-state index is -0.685. The molecule has 2 heterocycles. The van der Waals surface area contributed by atoms with E-state index in [9.17, 15) is 14.4 Å². The summed E-state index contributed by atoms with van der Waals surface area (Å²) in [4.78, 5) is 35.4. The highest BCUT2D eigenvalue weighted by molar-refractivity contribution is 6.37. The van der Waals surface area contributed by atoms with E-state index in [1.807, 2.05) is 25.3 Å². The molecule has 0 aliphatic carbocycles. The fourth-order valence-electron chi connectivity index (χ4n) is 2.97. The fourth-order valence-corrected chi connectivity index (χ4v) is 2.97. The molecular formula is C17H23N3O5. The summed E-state index contributed by atoms with van der Waals surface area (Å²) in [7, 11) is 1.63. The lowest BCUT2D eigenvalue weighted by Crippen LogP contribution is -2.31. The molecule has 0 bridgehead atoms. The zero-order valence-corrected chi connectivity index (χ0v) is 14.9. The third-order valence-electron chi connectivity index (χ3n) is 4.11. The number of carbonyl (C=O) groups excluding carboxylic acids is 3. The average Bonchev–Trinajstić information content (AvgIpc) is 2.88. The van der Waals surface area contributed by atoms with Crippen molar-refractivity contribution in [1.29, 1.82) is 0 Å². The van der Waals surface area contributed by atoms with Crippen molar-refractivity contribution in [3.63, 3.8) is 0 Å². The predicted octanol–water partition coefficient (Wildman–Crippen LogP) is 1.30. The minimum absolute atomic E-state index is 0.0920. The minimum Gasteiger partial charge on any atom is -0.453 e. The molecule has 8 heteroatoms. The third kappa shape index (κ3) is 4.33. The van der Waals surface area contributed by atoms with Crippen LogP contribution in [0.1, 0.15) is 47.6 Å². The van der Waals surface area contributed by atoms with Crippen LogP contribution >= 0.6 is 0 Å². The van der Waals surface area contributed by atoms with Crippen LogP contribution in [0, 0.1) is 13.8 Å². The Labute approximate surface area is 146 Å². The Balaban J connectivity index is 2.03. The molecule has 0 saturated carbocycles. The molecule has 0 spiro atoms. The summed E-state index contributed by atoms with van der Waals surface area (Å²) in [6, 6.07) is 1.88. The molecule has 0 fully saturated rings. The van der Waals surface area contributed by atoms with Crippen molar-refractivity contribution >= 4 is 23.4 Å². The van der Waals surface area contributed by atoms with Gasteiger partial charge < -0.3 is 14.0 Å². The van der Waals surface area contributed by atoms with Crippen molar-refractivity contribution in [2.45, 2.75) is 39.7 Å². The molecule has 1 unspecified atom stereocenters. The van der Waals surface area contributed by atoms with Gasteiger partial charge >= 0.3 is 5.97 Å². The number of Topliss-reactive ketones (excluding diaryl/α,β-unsaturated/α-hetero) is 1. The van der Waals surface area contributed by atoms with Crippen LogP contribution in [0.3, 0.4) is 0 Å². The number of aromatic nitrogens is 1. The molecule has 1 N–H and O–H groups in total. The summed E-state index contributed by atoms with van der Waals surface area (Å²) in [6.45, 7) is 5.95. The van der Waals surface area contributed by atoms with E-state index in [0.717, 1.165) is 11.4 Å². The summed E-state index contributed by atoms with van der Waals surface area (Å²) < 4.78 is 12.2. The second kappa shape index (κ2) is 8.06. The predicted molar refractivity (Wildman–Crippen MR) is 90.6 cm³/mol. The molecular weight excluding hydrogens is 326 g/mol. The largest absolute Gasteiger partial charge is 0.453 e. The van der Waals surface area contributed by atoms with Gasteiger partial charge in [-0.2, -0.15) is 5.10 Å². The zero-order valence-electron chi connectivity index (χ0n) is 14.9. The van der Waals surface area contributed by atoms with Crippen molar-refractivity contribution in [2.24, 2.45) is 5.10 Å². The van der Waals surface area contributed by atoms with Crippen molar-refractivity contribution in [3.05, 3.63) is 23.0 Å². The maximum absolute atomic E-state index is 12.4. The highest BCUT2D eigenvalue weighted by atomic mass is 16.5. The van der Waals surface area contributed by atoms with Crippen LogP contribution in [-0.4, -0.2) is 48.3 Å². The number of hydrazone groups is 1. The molecule has 1 aromatic rings. The molecule has 1 aromatic heterocycles. The van der Waals surface area contributed by atoms with E-state index in [-0.39, 0.29) is 42.9 Å². The van der Waals surface area contributed by atoms with E-state index in [1.165, 1.54) is 0 Å². The molecule has 25 heavy (non-hydrogen) atoms.